The summed E-state index contributed by atoms with van der Waals surface area (Å²) in [6, 6.07) is 21.8. The van der Waals surface area contributed by atoms with Crippen LogP contribution in [0, 0.1) is 0 Å². The van der Waals surface area contributed by atoms with E-state index in [2.05, 4.69) is 17.4 Å². The van der Waals surface area contributed by atoms with Gasteiger partial charge < -0.3 is 15.8 Å². The van der Waals surface area contributed by atoms with Crippen molar-refractivity contribution in [1.82, 2.24) is 4.98 Å². The average Bonchev–Trinajstić information content (AvgIpc) is 2.61. The number of ether oxygens (including phenoxy) is 1. The molecule has 0 aliphatic heterocycles. The van der Waals surface area contributed by atoms with E-state index in [1.807, 2.05) is 48.5 Å². The lowest BCUT2D eigenvalue weighted by Crippen LogP contribution is -1.97. The van der Waals surface area contributed by atoms with Gasteiger partial charge in [-0.3, -0.25) is 0 Å². The van der Waals surface area contributed by atoms with Crippen molar-refractivity contribution in [3.63, 3.8) is 0 Å². The number of fused-ring (bicyclic) bond motifs is 2. The van der Waals surface area contributed by atoms with Gasteiger partial charge >= 0.3 is 0 Å². The molecule has 4 rings (SSSR count). The van der Waals surface area contributed by atoms with Gasteiger partial charge in [0.05, 0.1) is 23.8 Å². The summed E-state index contributed by atoms with van der Waals surface area (Å²) in [7, 11) is 1.63. The number of anilines is 3. The first kappa shape index (κ1) is 14.3. The Hall–Kier alpha value is -3.27. The molecule has 0 spiro atoms. The fraction of sp³-hybridized carbons (Fsp3) is 0.0500. The minimum Gasteiger partial charge on any atom is -0.497 e. The van der Waals surface area contributed by atoms with E-state index < -0.39 is 0 Å². The molecule has 0 unspecified atom stereocenters. The highest BCUT2D eigenvalue weighted by Crippen LogP contribution is 2.34. The monoisotopic (exact) mass is 315 g/mol. The molecular formula is C20H17N3O. The molecule has 4 aromatic rings. The van der Waals surface area contributed by atoms with Gasteiger partial charge in [0, 0.05) is 34.3 Å². The van der Waals surface area contributed by atoms with Crippen molar-refractivity contribution in [1.29, 1.82) is 0 Å². The molecule has 0 fully saturated rings. The minimum atomic E-state index is 0.652. The van der Waals surface area contributed by atoms with E-state index in [0.717, 1.165) is 38.9 Å². The van der Waals surface area contributed by atoms with E-state index in [9.17, 15) is 0 Å². The number of aromatic nitrogens is 1. The van der Waals surface area contributed by atoms with E-state index in [1.165, 1.54) is 0 Å². The lowest BCUT2D eigenvalue weighted by atomic mass is 10.1. The van der Waals surface area contributed by atoms with Crippen LogP contribution in [0.5, 0.6) is 5.75 Å². The van der Waals surface area contributed by atoms with Crippen LogP contribution in [0.25, 0.3) is 21.8 Å². The molecule has 1 aromatic heterocycles. The number of nitrogens with one attached hydrogen (secondary N) is 1. The fourth-order valence-corrected chi connectivity index (χ4v) is 2.93. The number of rotatable bonds is 3. The standard InChI is InChI=1S/C20H17N3O/c1-24-15-11-13(21)10-14(12-15)22-20-16-6-2-4-8-18(16)23-19-9-5-3-7-17(19)20/h2-12H,21H2,1H3,(H,22,23). The largest absolute Gasteiger partial charge is 0.497 e. The Morgan fingerprint density at radius 1 is 0.875 bits per heavy atom. The lowest BCUT2D eigenvalue weighted by Gasteiger charge is -2.14. The molecular weight excluding hydrogens is 298 g/mol. The van der Waals surface area contributed by atoms with Crippen LogP contribution in [0.15, 0.2) is 66.7 Å². The topological polar surface area (TPSA) is 60.2 Å². The van der Waals surface area contributed by atoms with Gasteiger partial charge in [0.15, 0.2) is 0 Å². The second kappa shape index (κ2) is 5.74. The SMILES string of the molecule is COc1cc(N)cc(Nc2c3ccccc3nc3ccccc23)c1. The predicted octanol–water partition coefficient (Wildman–Crippen LogP) is 4.72. The van der Waals surface area contributed by atoms with Crippen LogP contribution >= 0.6 is 0 Å². The van der Waals surface area contributed by atoms with Crippen molar-refractivity contribution in [2.45, 2.75) is 0 Å². The van der Waals surface area contributed by atoms with Crippen LogP contribution in [0.2, 0.25) is 0 Å². The third kappa shape index (κ3) is 2.48. The summed E-state index contributed by atoms with van der Waals surface area (Å²) in [5, 5.41) is 5.64. The number of hydrogen-bond acceptors (Lipinski definition) is 4. The van der Waals surface area contributed by atoms with Crippen LogP contribution in [-0.2, 0) is 0 Å². The molecule has 0 aliphatic carbocycles. The highest BCUT2D eigenvalue weighted by atomic mass is 16.5. The quantitative estimate of drug-likeness (QED) is 0.424. The van der Waals surface area contributed by atoms with Crippen LogP contribution in [0.3, 0.4) is 0 Å². The Morgan fingerprint density at radius 2 is 1.50 bits per heavy atom. The molecule has 4 nitrogen and oxygen atoms in total. The van der Waals surface area contributed by atoms with Gasteiger partial charge in [-0.25, -0.2) is 4.98 Å². The van der Waals surface area contributed by atoms with E-state index in [-0.39, 0.29) is 0 Å². The number of nitrogen functional groups attached to an aromatic ring is 1. The number of pyridine rings is 1. The van der Waals surface area contributed by atoms with E-state index in [0.29, 0.717) is 5.69 Å². The number of benzene rings is 3. The second-order valence-electron chi connectivity index (χ2n) is 5.64. The molecule has 0 aliphatic rings. The van der Waals surface area contributed by atoms with Crippen molar-refractivity contribution < 1.29 is 4.74 Å². The number of nitrogens with two attached hydrogens (primary N) is 1. The Balaban J connectivity index is 1.95. The summed E-state index contributed by atoms with van der Waals surface area (Å²) < 4.78 is 5.32. The number of para-hydroxylation sites is 2. The van der Waals surface area contributed by atoms with Gasteiger partial charge in [0.2, 0.25) is 0 Å². The first-order valence-corrected chi connectivity index (χ1v) is 7.74. The molecule has 0 bridgehead atoms. The lowest BCUT2D eigenvalue weighted by molar-refractivity contribution is 0.415. The van der Waals surface area contributed by atoms with Gasteiger partial charge in [-0.15, -0.1) is 0 Å². The molecule has 0 radical (unpaired) electrons. The summed E-state index contributed by atoms with van der Waals surface area (Å²) in [6.45, 7) is 0. The minimum absolute atomic E-state index is 0.652. The molecule has 1 heterocycles. The smallest absolute Gasteiger partial charge is 0.122 e. The zero-order chi connectivity index (χ0) is 16.5. The maximum Gasteiger partial charge on any atom is 0.122 e. The van der Waals surface area contributed by atoms with E-state index in [4.69, 9.17) is 15.5 Å². The maximum absolute atomic E-state index is 5.98. The van der Waals surface area contributed by atoms with Gasteiger partial charge in [-0.05, 0) is 18.2 Å². The average molecular weight is 315 g/mol. The first-order valence-electron chi connectivity index (χ1n) is 7.74. The Kier molecular flexibility index (Phi) is 3.43. The molecule has 118 valence electrons. The zero-order valence-electron chi connectivity index (χ0n) is 13.3. The summed E-state index contributed by atoms with van der Waals surface area (Å²) in [6.07, 6.45) is 0. The van der Waals surface area contributed by atoms with Gasteiger partial charge in [-0.1, -0.05) is 36.4 Å². The van der Waals surface area contributed by atoms with Crippen molar-refractivity contribution in [2.75, 3.05) is 18.2 Å². The van der Waals surface area contributed by atoms with E-state index >= 15 is 0 Å². The van der Waals surface area contributed by atoms with Crippen molar-refractivity contribution in [3.05, 3.63) is 66.7 Å². The van der Waals surface area contributed by atoms with E-state index in [1.54, 1.807) is 13.2 Å². The fourth-order valence-electron chi connectivity index (χ4n) is 2.93. The van der Waals surface area contributed by atoms with Crippen molar-refractivity contribution >= 4 is 38.9 Å². The summed E-state index contributed by atoms with van der Waals surface area (Å²) in [5.41, 5.74) is 10.4. The molecule has 3 N–H and O–H groups in total. The normalized spacial score (nSPS) is 10.9. The highest BCUT2D eigenvalue weighted by Gasteiger charge is 2.09. The van der Waals surface area contributed by atoms with Crippen LogP contribution in [0.1, 0.15) is 0 Å². The summed E-state index contributed by atoms with van der Waals surface area (Å²) in [5.74, 6) is 0.722. The second-order valence-corrected chi connectivity index (χ2v) is 5.64. The molecule has 0 atom stereocenters. The first-order chi connectivity index (χ1) is 11.7. The Bertz CT molecular complexity index is 989. The summed E-state index contributed by atoms with van der Waals surface area (Å²) >= 11 is 0. The predicted molar refractivity (Wildman–Crippen MR) is 99.9 cm³/mol. The number of methoxy groups -OCH3 is 1. The third-order valence-corrected chi connectivity index (χ3v) is 4.02. The van der Waals surface area contributed by atoms with Crippen LogP contribution < -0.4 is 15.8 Å². The molecule has 0 saturated heterocycles. The Labute approximate surface area is 139 Å². The third-order valence-electron chi connectivity index (χ3n) is 4.02. The van der Waals surface area contributed by atoms with Crippen LogP contribution in [0.4, 0.5) is 17.1 Å². The molecule has 0 saturated carbocycles. The zero-order valence-corrected chi connectivity index (χ0v) is 13.3. The molecule has 4 heteroatoms. The van der Waals surface area contributed by atoms with Crippen molar-refractivity contribution in [2.24, 2.45) is 0 Å². The number of nitrogens with zero attached hydrogens (tertiary/aromatic N) is 1. The van der Waals surface area contributed by atoms with Gasteiger partial charge in [-0.2, -0.15) is 0 Å². The molecule has 3 aromatic carbocycles. The van der Waals surface area contributed by atoms with Crippen LogP contribution in [-0.4, -0.2) is 12.1 Å². The highest BCUT2D eigenvalue weighted by molar-refractivity contribution is 6.08. The molecule has 0 amide bonds. The van der Waals surface area contributed by atoms with Gasteiger partial charge in [0.25, 0.3) is 0 Å². The van der Waals surface area contributed by atoms with Gasteiger partial charge in [0.1, 0.15) is 5.75 Å². The summed E-state index contributed by atoms with van der Waals surface area (Å²) in [4.78, 5) is 4.74. The van der Waals surface area contributed by atoms with Crippen molar-refractivity contribution in [3.8, 4) is 5.75 Å². The molecule has 24 heavy (non-hydrogen) atoms. The Morgan fingerprint density at radius 3 is 2.12 bits per heavy atom. The number of hydrogen-bond donors (Lipinski definition) is 2. The maximum atomic E-state index is 5.98.